The normalized spacial score (nSPS) is 12.2. The number of fused-ring (bicyclic) bond motifs is 4. The van der Waals surface area contributed by atoms with Gasteiger partial charge in [-0.25, -0.2) is 39.9 Å². The minimum absolute atomic E-state index is 0.505. The second-order valence-corrected chi connectivity index (χ2v) is 8.98. The van der Waals surface area contributed by atoms with E-state index in [4.69, 9.17) is 14.7 Å². The molecule has 1 aliphatic heterocycles. The largest absolute Gasteiger partial charge is 0.453 e. The molecule has 8 rings (SSSR count). The lowest BCUT2D eigenvalue weighted by atomic mass is 9.97. The fourth-order valence-electron chi connectivity index (χ4n) is 5.10. The molecule has 0 aliphatic carbocycles. The highest BCUT2D eigenvalue weighted by molar-refractivity contribution is 6.04. The van der Waals surface area contributed by atoms with Crippen molar-refractivity contribution in [2.45, 2.75) is 0 Å². The van der Waals surface area contributed by atoms with Gasteiger partial charge in [0.05, 0.1) is 17.1 Å². The fraction of sp³-hybridized carbons (Fsp3) is 0. The van der Waals surface area contributed by atoms with Crippen LogP contribution in [0.1, 0.15) is 0 Å². The maximum atomic E-state index is 6.32. The highest BCUT2D eigenvalue weighted by Crippen LogP contribution is 2.54. The smallest absolute Gasteiger partial charge is 0.181 e. The van der Waals surface area contributed by atoms with Crippen molar-refractivity contribution in [3.8, 4) is 34.0 Å². The van der Waals surface area contributed by atoms with Gasteiger partial charge in [-0.15, -0.1) is 0 Å². The molecule has 3 aromatic carbocycles. The van der Waals surface area contributed by atoms with E-state index in [0.29, 0.717) is 33.7 Å². The van der Waals surface area contributed by atoms with Gasteiger partial charge in [0.2, 0.25) is 0 Å². The highest BCUT2D eigenvalue weighted by Gasteiger charge is 2.31. The summed E-state index contributed by atoms with van der Waals surface area (Å²) in [6.07, 6.45) is 9.55. The Balaban J connectivity index is 1.52. The molecule has 0 radical (unpaired) electrons. The van der Waals surface area contributed by atoms with Gasteiger partial charge in [0.25, 0.3) is 0 Å². The molecule has 40 heavy (non-hydrogen) atoms. The number of ether oxygens (including phenoxy) is 1. The SMILES string of the molecule is c1ccc2c(c1)Oc1ccccc1N2c1c(-c2ncnc3nccnc23)cccc1-c1ncnc2nccnc12. The van der Waals surface area contributed by atoms with E-state index in [-0.39, 0.29) is 0 Å². The Morgan fingerprint density at radius 1 is 0.475 bits per heavy atom. The summed E-state index contributed by atoms with van der Waals surface area (Å²) >= 11 is 0. The molecular formula is C30H17N9O. The van der Waals surface area contributed by atoms with Crippen molar-refractivity contribution in [1.29, 1.82) is 0 Å². The van der Waals surface area contributed by atoms with Crippen LogP contribution in [0.25, 0.3) is 44.8 Å². The van der Waals surface area contributed by atoms with Crippen LogP contribution in [0.2, 0.25) is 0 Å². The lowest BCUT2D eigenvalue weighted by molar-refractivity contribution is 0.477. The van der Waals surface area contributed by atoms with Crippen molar-refractivity contribution in [2.75, 3.05) is 4.90 Å². The molecule has 1 aliphatic rings. The molecule has 0 unspecified atom stereocenters. The van der Waals surface area contributed by atoms with Gasteiger partial charge in [0.15, 0.2) is 22.8 Å². The molecule has 0 saturated heterocycles. The summed E-state index contributed by atoms with van der Waals surface area (Å²) in [6.45, 7) is 0. The number of benzene rings is 3. The van der Waals surface area contributed by atoms with E-state index < -0.39 is 0 Å². The average Bonchev–Trinajstić information content (AvgIpc) is 3.03. The number of hydrogen-bond donors (Lipinski definition) is 0. The summed E-state index contributed by atoms with van der Waals surface area (Å²) < 4.78 is 6.32. The van der Waals surface area contributed by atoms with Crippen molar-refractivity contribution in [2.24, 2.45) is 0 Å². The zero-order chi connectivity index (χ0) is 26.5. The van der Waals surface area contributed by atoms with Gasteiger partial charge in [-0.05, 0) is 24.3 Å². The Bertz CT molecular complexity index is 1930. The Labute approximate surface area is 227 Å². The molecular weight excluding hydrogens is 502 g/mol. The fourth-order valence-corrected chi connectivity index (χ4v) is 5.10. The maximum absolute atomic E-state index is 6.32. The zero-order valence-corrected chi connectivity index (χ0v) is 20.7. The number of rotatable bonds is 3. The quantitative estimate of drug-likeness (QED) is 0.273. The third-order valence-electron chi connectivity index (χ3n) is 6.74. The van der Waals surface area contributed by atoms with E-state index in [1.54, 1.807) is 24.8 Å². The van der Waals surface area contributed by atoms with Gasteiger partial charge in [0, 0.05) is 35.9 Å². The molecule has 0 atom stereocenters. The molecule has 7 aromatic rings. The molecule has 4 aromatic heterocycles. The predicted octanol–water partition coefficient (Wildman–Crippen LogP) is 6.06. The number of hydrogen-bond acceptors (Lipinski definition) is 10. The first-order chi connectivity index (χ1) is 19.9. The van der Waals surface area contributed by atoms with E-state index in [1.807, 2.05) is 66.7 Å². The summed E-state index contributed by atoms with van der Waals surface area (Å²) in [5.74, 6) is 1.45. The molecule has 188 valence electrons. The number of anilines is 3. The highest BCUT2D eigenvalue weighted by atomic mass is 16.5. The van der Waals surface area contributed by atoms with E-state index in [0.717, 1.165) is 39.7 Å². The van der Waals surface area contributed by atoms with Crippen LogP contribution in [0.15, 0.2) is 104 Å². The van der Waals surface area contributed by atoms with E-state index in [2.05, 4.69) is 34.8 Å². The Kier molecular flexibility index (Phi) is 4.89. The van der Waals surface area contributed by atoms with Crippen molar-refractivity contribution < 1.29 is 4.74 Å². The van der Waals surface area contributed by atoms with E-state index in [1.165, 1.54) is 12.7 Å². The minimum Gasteiger partial charge on any atom is -0.453 e. The van der Waals surface area contributed by atoms with Crippen molar-refractivity contribution in [3.05, 3.63) is 104 Å². The van der Waals surface area contributed by atoms with Crippen LogP contribution >= 0.6 is 0 Å². The summed E-state index contributed by atoms with van der Waals surface area (Å²) in [5.41, 5.74) is 7.64. The zero-order valence-electron chi connectivity index (χ0n) is 20.7. The lowest BCUT2D eigenvalue weighted by Crippen LogP contribution is -2.18. The summed E-state index contributed by atoms with van der Waals surface area (Å²) in [6, 6.07) is 21.9. The first kappa shape index (κ1) is 22.1. The van der Waals surface area contributed by atoms with Crippen LogP contribution in [0.5, 0.6) is 11.5 Å². The van der Waals surface area contributed by atoms with Crippen LogP contribution in [0.4, 0.5) is 17.1 Å². The lowest BCUT2D eigenvalue weighted by Gasteiger charge is -2.35. The molecule has 10 nitrogen and oxygen atoms in total. The Hall–Kier alpha value is -5.90. The van der Waals surface area contributed by atoms with Crippen molar-refractivity contribution in [3.63, 3.8) is 0 Å². The standard InChI is InChI=1S/C30H17N9O/c1-3-10-22-20(8-1)39(21-9-2-4-11-23(21)40-22)28-18(24-26-29(37-16-35-24)33-14-12-31-26)6-5-7-19(28)25-27-30(38-17-36-25)34-15-13-32-27/h1-17H. The average molecular weight is 520 g/mol. The molecule has 0 saturated carbocycles. The molecule has 0 amide bonds. The molecule has 0 spiro atoms. The second kappa shape index (κ2) is 8.84. The summed E-state index contributed by atoms with van der Waals surface area (Å²) in [4.78, 5) is 38.3. The first-order valence-corrected chi connectivity index (χ1v) is 12.5. The molecule has 0 fully saturated rings. The van der Waals surface area contributed by atoms with Gasteiger partial charge in [-0.1, -0.05) is 42.5 Å². The van der Waals surface area contributed by atoms with E-state index in [9.17, 15) is 0 Å². The monoisotopic (exact) mass is 519 g/mol. The number of nitrogens with zero attached hydrogens (tertiary/aromatic N) is 9. The molecule has 0 bridgehead atoms. The Morgan fingerprint density at radius 3 is 1.52 bits per heavy atom. The van der Waals surface area contributed by atoms with Crippen LogP contribution in [0.3, 0.4) is 0 Å². The molecule has 5 heterocycles. The minimum atomic E-state index is 0.505. The third kappa shape index (κ3) is 3.36. The number of aromatic nitrogens is 8. The Morgan fingerprint density at radius 2 is 0.975 bits per heavy atom. The topological polar surface area (TPSA) is 116 Å². The molecule has 10 heteroatoms. The van der Waals surface area contributed by atoms with Gasteiger partial charge < -0.3 is 9.64 Å². The molecule has 0 N–H and O–H groups in total. The first-order valence-electron chi connectivity index (χ1n) is 12.5. The van der Waals surface area contributed by atoms with Gasteiger partial charge >= 0.3 is 0 Å². The van der Waals surface area contributed by atoms with Crippen LogP contribution < -0.4 is 9.64 Å². The van der Waals surface area contributed by atoms with E-state index >= 15 is 0 Å². The maximum Gasteiger partial charge on any atom is 0.181 e. The van der Waals surface area contributed by atoms with Crippen LogP contribution in [-0.2, 0) is 0 Å². The predicted molar refractivity (Wildman–Crippen MR) is 149 cm³/mol. The van der Waals surface area contributed by atoms with Crippen molar-refractivity contribution >= 4 is 39.4 Å². The van der Waals surface area contributed by atoms with Crippen LogP contribution in [-0.4, -0.2) is 39.9 Å². The van der Waals surface area contributed by atoms with Gasteiger partial charge in [-0.2, -0.15) is 0 Å². The summed E-state index contributed by atoms with van der Waals surface area (Å²) in [5, 5.41) is 0. The number of para-hydroxylation sites is 5. The second-order valence-electron chi connectivity index (χ2n) is 8.98. The van der Waals surface area contributed by atoms with Crippen molar-refractivity contribution in [1.82, 2.24) is 39.9 Å². The third-order valence-corrected chi connectivity index (χ3v) is 6.74. The van der Waals surface area contributed by atoms with Gasteiger partial charge in [-0.3, -0.25) is 0 Å². The summed E-state index contributed by atoms with van der Waals surface area (Å²) in [7, 11) is 0. The van der Waals surface area contributed by atoms with Crippen LogP contribution in [0, 0.1) is 0 Å². The van der Waals surface area contributed by atoms with Gasteiger partial charge in [0.1, 0.15) is 35.1 Å².